The molecule has 3 aromatic rings. The Balaban J connectivity index is 0.000000960. The fraction of sp³-hybridized carbons (Fsp3) is 0. The van der Waals surface area contributed by atoms with E-state index in [-0.39, 0.29) is 31.0 Å². The van der Waals surface area contributed by atoms with E-state index in [9.17, 15) is 0 Å². The second-order valence-corrected chi connectivity index (χ2v) is 4.63. The van der Waals surface area contributed by atoms with Crippen LogP contribution in [0.5, 0.6) is 5.75 Å². The quantitative estimate of drug-likeness (QED) is 0.725. The van der Waals surface area contributed by atoms with Gasteiger partial charge in [0.2, 0.25) is 5.89 Å². The molecule has 104 valence electrons. The molecule has 0 saturated carbocycles. The third-order valence-electron chi connectivity index (χ3n) is 3.16. The molecule has 0 saturated heterocycles. The molecule has 0 aliphatic carbocycles. The van der Waals surface area contributed by atoms with Gasteiger partial charge in [-0.05, 0) is 30.3 Å². The topological polar surface area (TPSA) is 47.3 Å². The van der Waals surface area contributed by atoms with Crippen LogP contribution in [0.3, 0.4) is 0 Å². The average Bonchev–Trinajstić information content (AvgIpc) is 3.09. The summed E-state index contributed by atoms with van der Waals surface area (Å²) in [5.74, 6) is 2.09. The monoisotopic (exact) mass is 300 g/mol. The molecule has 2 heterocycles. The van der Waals surface area contributed by atoms with Crippen molar-refractivity contribution in [2.75, 3.05) is 5.32 Å². The van der Waals surface area contributed by atoms with E-state index in [0.29, 0.717) is 11.8 Å². The largest absolute Gasteiger partial charge is 1.00 e. The molecule has 0 amide bonds. The van der Waals surface area contributed by atoms with Crippen LogP contribution in [0, 0.1) is 0 Å². The molecule has 0 atom stereocenters. The zero-order valence-corrected chi connectivity index (χ0v) is 14.1. The summed E-state index contributed by atoms with van der Waals surface area (Å²) in [5.41, 5.74) is 2.61. The van der Waals surface area contributed by atoms with Gasteiger partial charge in [-0.25, -0.2) is 4.98 Å². The molecule has 22 heavy (non-hydrogen) atoms. The maximum absolute atomic E-state index is 5.65. The van der Waals surface area contributed by atoms with E-state index >= 15 is 0 Å². The van der Waals surface area contributed by atoms with Gasteiger partial charge in [0, 0.05) is 6.08 Å². The fourth-order valence-corrected chi connectivity index (χ4v) is 2.19. The summed E-state index contributed by atoms with van der Waals surface area (Å²) >= 11 is 0. The number of para-hydroxylation sites is 4. The maximum Gasteiger partial charge on any atom is 1.00 e. The number of nitrogens with one attached hydrogen (secondary N) is 1. The Morgan fingerprint density at radius 3 is 2.73 bits per heavy atom. The smallest absolute Gasteiger partial charge is 1.00 e. The Morgan fingerprint density at radius 2 is 1.86 bits per heavy atom. The van der Waals surface area contributed by atoms with Crippen LogP contribution < -0.4 is 39.6 Å². The maximum atomic E-state index is 5.65. The van der Waals surface area contributed by atoms with Gasteiger partial charge in [-0.15, -0.1) is 0 Å². The number of hydrogen-bond donors (Lipinski definition) is 1. The molecule has 2 aromatic carbocycles. The first-order valence-corrected chi connectivity index (χ1v) is 6.66. The van der Waals surface area contributed by atoms with Crippen LogP contribution in [-0.2, 0) is 0 Å². The molecule has 1 N–H and O–H groups in total. The number of ether oxygens (including phenoxy) is 1. The van der Waals surface area contributed by atoms with Crippen molar-refractivity contribution in [2.45, 2.75) is 0 Å². The minimum Gasteiger partial charge on any atom is -1.00 e. The van der Waals surface area contributed by atoms with Gasteiger partial charge < -0.3 is 15.9 Å². The van der Waals surface area contributed by atoms with Gasteiger partial charge in [0.15, 0.2) is 17.2 Å². The zero-order valence-electron chi connectivity index (χ0n) is 13.1. The molecule has 0 fully saturated rings. The van der Waals surface area contributed by atoms with Gasteiger partial charge >= 0.3 is 29.6 Å². The molecule has 5 heteroatoms. The van der Waals surface area contributed by atoms with E-state index in [1.165, 1.54) is 0 Å². The van der Waals surface area contributed by atoms with Crippen molar-refractivity contribution in [3.63, 3.8) is 0 Å². The van der Waals surface area contributed by atoms with E-state index < -0.39 is 0 Å². The van der Waals surface area contributed by atoms with Crippen molar-refractivity contribution >= 4 is 22.9 Å². The van der Waals surface area contributed by atoms with Crippen molar-refractivity contribution in [2.24, 2.45) is 0 Å². The number of nitrogens with zero attached hydrogens (tertiary/aromatic N) is 1. The van der Waals surface area contributed by atoms with Crippen LogP contribution in [0.1, 0.15) is 7.32 Å². The van der Waals surface area contributed by atoms with E-state index in [1.54, 1.807) is 6.08 Å². The van der Waals surface area contributed by atoms with Crippen molar-refractivity contribution in [1.29, 1.82) is 0 Å². The summed E-state index contributed by atoms with van der Waals surface area (Å²) in [5, 5.41) is 3.18. The summed E-state index contributed by atoms with van der Waals surface area (Å²) in [6.45, 7) is 0. The number of rotatable bonds is 2. The minimum atomic E-state index is 0. The van der Waals surface area contributed by atoms with E-state index in [4.69, 9.17) is 9.15 Å². The van der Waals surface area contributed by atoms with Crippen LogP contribution in [0.15, 0.2) is 71.0 Å². The number of aromatic nitrogens is 1. The SMILES string of the molecule is C(=Cc1nc2ccccc2o1)C=C1Nc2ccccc2O1.[H-].[Na+]. The van der Waals surface area contributed by atoms with Crippen LogP contribution in [0.4, 0.5) is 5.69 Å². The second-order valence-electron chi connectivity index (χ2n) is 4.63. The Hall–Kier alpha value is -2.01. The first-order chi connectivity index (χ1) is 10.4. The summed E-state index contributed by atoms with van der Waals surface area (Å²) in [4.78, 5) is 4.37. The Labute approximate surface area is 151 Å². The van der Waals surface area contributed by atoms with Crippen LogP contribution >= 0.6 is 0 Å². The first kappa shape index (κ1) is 14.9. The molecule has 4 rings (SSSR count). The first-order valence-electron chi connectivity index (χ1n) is 6.66. The minimum absolute atomic E-state index is 0. The van der Waals surface area contributed by atoms with Crippen molar-refractivity contribution in [3.05, 3.63) is 72.5 Å². The van der Waals surface area contributed by atoms with Gasteiger partial charge in [-0.1, -0.05) is 30.3 Å². The molecule has 1 aromatic heterocycles. The van der Waals surface area contributed by atoms with Gasteiger partial charge in [-0.3, -0.25) is 0 Å². The van der Waals surface area contributed by atoms with Crippen LogP contribution in [-0.4, -0.2) is 4.98 Å². The summed E-state index contributed by atoms with van der Waals surface area (Å²) < 4.78 is 11.3. The van der Waals surface area contributed by atoms with Crippen molar-refractivity contribution in [3.8, 4) is 5.75 Å². The number of fused-ring (bicyclic) bond motifs is 2. The second kappa shape index (κ2) is 6.40. The number of hydrogen-bond acceptors (Lipinski definition) is 4. The molecule has 1 aliphatic heterocycles. The fourth-order valence-electron chi connectivity index (χ4n) is 2.19. The zero-order chi connectivity index (χ0) is 14.1. The Morgan fingerprint density at radius 1 is 1.05 bits per heavy atom. The standard InChI is InChI=1S/C17H12N2O2.Na.H/c1-3-8-14-12(6-1)18-16(20-14)10-5-11-17-19-13-7-2-4-9-15(13)21-17;;/h1-11,18H;;/q;+1;-1. The molecule has 0 unspecified atom stereocenters. The van der Waals surface area contributed by atoms with Gasteiger partial charge in [-0.2, -0.15) is 0 Å². The van der Waals surface area contributed by atoms with Crippen molar-refractivity contribution in [1.82, 2.24) is 4.98 Å². The number of oxazole rings is 1. The normalized spacial score (nSPS) is 14.6. The van der Waals surface area contributed by atoms with Crippen LogP contribution in [0.2, 0.25) is 0 Å². The average molecular weight is 300 g/mol. The van der Waals surface area contributed by atoms with Crippen LogP contribution in [0.25, 0.3) is 17.2 Å². The Kier molecular flexibility index (Phi) is 4.34. The molecular formula is C17H13N2NaO2. The molecule has 0 spiro atoms. The van der Waals surface area contributed by atoms with Gasteiger partial charge in [0.1, 0.15) is 5.52 Å². The number of benzene rings is 2. The molecule has 0 radical (unpaired) electrons. The van der Waals surface area contributed by atoms with E-state index in [1.807, 2.05) is 60.7 Å². The molecule has 1 aliphatic rings. The number of anilines is 1. The predicted octanol–water partition coefficient (Wildman–Crippen LogP) is 1.30. The number of allylic oxidation sites excluding steroid dienone is 2. The van der Waals surface area contributed by atoms with E-state index in [2.05, 4.69) is 10.3 Å². The molecule has 0 bridgehead atoms. The molecule has 4 nitrogen and oxygen atoms in total. The third kappa shape index (κ3) is 2.95. The third-order valence-corrected chi connectivity index (χ3v) is 3.16. The summed E-state index contributed by atoms with van der Waals surface area (Å²) in [6, 6.07) is 15.5. The Bertz CT molecular complexity index is 814. The molecular weight excluding hydrogens is 287 g/mol. The van der Waals surface area contributed by atoms with Gasteiger partial charge in [0.25, 0.3) is 0 Å². The van der Waals surface area contributed by atoms with E-state index in [0.717, 1.165) is 22.5 Å². The van der Waals surface area contributed by atoms with Crippen molar-refractivity contribution < 1.29 is 40.1 Å². The summed E-state index contributed by atoms with van der Waals surface area (Å²) in [7, 11) is 0. The van der Waals surface area contributed by atoms with Gasteiger partial charge in [0.05, 0.1) is 5.69 Å². The predicted molar refractivity (Wildman–Crippen MR) is 82.9 cm³/mol. The summed E-state index contributed by atoms with van der Waals surface area (Å²) in [6.07, 6.45) is 5.49.